The molecule has 0 aliphatic rings. The van der Waals surface area contributed by atoms with E-state index in [-0.39, 0.29) is 18.5 Å². The zero-order chi connectivity index (χ0) is 55.7. The summed E-state index contributed by atoms with van der Waals surface area (Å²) in [6.07, 6.45) is 83.8. The van der Waals surface area contributed by atoms with Gasteiger partial charge in [0.1, 0.15) is 0 Å². The van der Waals surface area contributed by atoms with Crippen molar-refractivity contribution in [3.05, 3.63) is 24.3 Å². The molecule has 6 nitrogen and oxygen atoms in total. The van der Waals surface area contributed by atoms with E-state index in [9.17, 15) is 19.8 Å². The Morgan fingerprint density at radius 3 is 0.922 bits per heavy atom. The standard InChI is InChI=1S/C71H137NO5/c1-3-5-7-9-11-13-15-16-17-38-41-45-49-53-57-61-65-71(76)77-66-62-58-54-50-46-42-39-36-34-32-30-28-26-24-22-20-18-19-21-23-25-27-29-31-33-35-37-40-44-48-52-56-60-64-70(75)72-68(67-73)69(74)63-59-55-51-47-43-14-12-10-8-6-4-2/h17,22,24,38,68-69,73-74H,3-16,18-21,23,25-37,39-67H2,1-2H3,(H,72,75)/b24-22-,38-17-. The molecule has 1 amide bonds. The molecule has 0 rings (SSSR count). The first-order valence-electron chi connectivity index (χ1n) is 35.1. The monoisotopic (exact) mass is 1080 g/mol. The van der Waals surface area contributed by atoms with Gasteiger partial charge in [-0.1, -0.05) is 327 Å². The van der Waals surface area contributed by atoms with Crippen LogP contribution in [0.3, 0.4) is 0 Å². The number of hydrogen-bond donors (Lipinski definition) is 3. The Kier molecular flexibility index (Phi) is 65.4. The Balaban J connectivity index is 3.32. The first-order chi connectivity index (χ1) is 38.0. The van der Waals surface area contributed by atoms with Crippen LogP contribution in [-0.4, -0.2) is 47.4 Å². The molecule has 6 heteroatoms. The molecule has 0 radical (unpaired) electrons. The minimum atomic E-state index is -0.660. The second kappa shape index (κ2) is 66.8. The number of rotatable bonds is 66. The quantitative estimate of drug-likeness (QED) is 0.0320. The SMILES string of the molecule is CCCCCCCCC/C=C\CCCCCCCC(=O)OCCCCCCCCCCCCCC/C=C\CCCCCCCCCCCCCCCCCCCC(=O)NC(CO)C(O)CCCCCCCCCCCCC. The summed E-state index contributed by atoms with van der Waals surface area (Å²) in [5.41, 5.74) is 0. The average Bonchev–Trinajstić information content (AvgIpc) is 3.43. The molecule has 0 saturated carbocycles. The molecule has 0 fully saturated rings. The Labute approximate surface area is 481 Å². The number of hydrogen-bond acceptors (Lipinski definition) is 5. The highest BCUT2D eigenvalue weighted by molar-refractivity contribution is 5.76. The van der Waals surface area contributed by atoms with Gasteiger partial charge in [0.15, 0.2) is 0 Å². The second-order valence-corrected chi connectivity index (χ2v) is 24.2. The summed E-state index contributed by atoms with van der Waals surface area (Å²) in [4.78, 5) is 24.5. The van der Waals surface area contributed by atoms with Gasteiger partial charge in [0, 0.05) is 12.8 Å². The maximum atomic E-state index is 12.5. The summed E-state index contributed by atoms with van der Waals surface area (Å²) < 4.78 is 5.50. The fourth-order valence-corrected chi connectivity index (χ4v) is 11.1. The van der Waals surface area contributed by atoms with Gasteiger partial charge in [-0.15, -0.1) is 0 Å². The first kappa shape index (κ1) is 75.3. The van der Waals surface area contributed by atoms with E-state index < -0.39 is 12.1 Å². The van der Waals surface area contributed by atoms with E-state index in [1.807, 2.05) is 0 Å². The van der Waals surface area contributed by atoms with Crippen molar-refractivity contribution in [2.75, 3.05) is 13.2 Å². The van der Waals surface area contributed by atoms with Gasteiger partial charge in [-0.05, 0) is 77.0 Å². The van der Waals surface area contributed by atoms with Crippen molar-refractivity contribution < 1.29 is 24.5 Å². The summed E-state index contributed by atoms with van der Waals surface area (Å²) in [5, 5.41) is 23.2. The summed E-state index contributed by atoms with van der Waals surface area (Å²) in [5.74, 6) is -0.0193. The Bertz CT molecular complexity index is 1200. The van der Waals surface area contributed by atoms with Crippen molar-refractivity contribution in [2.45, 2.75) is 405 Å². The number of aliphatic hydroxyl groups is 2. The van der Waals surface area contributed by atoms with Crippen LogP contribution in [0.2, 0.25) is 0 Å². The highest BCUT2D eigenvalue weighted by atomic mass is 16.5. The number of carbonyl (C=O) groups is 2. The van der Waals surface area contributed by atoms with E-state index in [1.165, 1.54) is 315 Å². The normalized spacial score (nSPS) is 12.6. The molecular weight excluding hydrogens is 947 g/mol. The second-order valence-electron chi connectivity index (χ2n) is 24.2. The number of unbranched alkanes of at least 4 members (excludes halogenated alkanes) is 51. The maximum Gasteiger partial charge on any atom is 0.305 e. The number of amides is 1. The van der Waals surface area contributed by atoms with Crippen LogP contribution >= 0.6 is 0 Å². The van der Waals surface area contributed by atoms with Crippen LogP contribution in [0.5, 0.6) is 0 Å². The van der Waals surface area contributed by atoms with E-state index in [4.69, 9.17) is 4.74 Å². The predicted octanol–water partition coefficient (Wildman–Crippen LogP) is 22.5. The van der Waals surface area contributed by atoms with E-state index >= 15 is 0 Å². The molecule has 0 bridgehead atoms. The molecule has 0 heterocycles. The van der Waals surface area contributed by atoms with Crippen molar-refractivity contribution in [3.8, 4) is 0 Å². The van der Waals surface area contributed by atoms with E-state index in [0.717, 1.165) is 44.9 Å². The van der Waals surface area contributed by atoms with Crippen molar-refractivity contribution >= 4 is 11.9 Å². The highest BCUT2D eigenvalue weighted by Crippen LogP contribution is 2.19. The molecule has 0 aromatic heterocycles. The summed E-state index contributed by atoms with van der Waals surface area (Å²) in [6, 6.07) is -0.537. The molecule has 0 aliphatic carbocycles. The van der Waals surface area contributed by atoms with Crippen LogP contribution in [-0.2, 0) is 14.3 Å². The molecule has 2 unspecified atom stereocenters. The lowest BCUT2D eigenvalue weighted by atomic mass is 10.0. The molecule has 3 N–H and O–H groups in total. The third kappa shape index (κ3) is 63.4. The topological polar surface area (TPSA) is 95.9 Å². The van der Waals surface area contributed by atoms with Crippen LogP contribution in [0.1, 0.15) is 393 Å². The number of ether oxygens (including phenoxy) is 1. The van der Waals surface area contributed by atoms with Crippen molar-refractivity contribution in [3.63, 3.8) is 0 Å². The third-order valence-electron chi connectivity index (χ3n) is 16.5. The molecule has 0 spiro atoms. The molecule has 456 valence electrons. The van der Waals surface area contributed by atoms with E-state index in [0.29, 0.717) is 25.9 Å². The Morgan fingerprint density at radius 2 is 0.610 bits per heavy atom. The van der Waals surface area contributed by atoms with Gasteiger partial charge in [0.25, 0.3) is 0 Å². The van der Waals surface area contributed by atoms with Crippen LogP contribution in [0.25, 0.3) is 0 Å². The summed E-state index contributed by atoms with van der Waals surface area (Å²) in [7, 11) is 0. The molecule has 77 heavy (non-hydrogen) atoms. The maximum absolute atomic E-state index is 12.5. The lowest BCUT2D eigenvalue weighted by Gasteiger charge is -2.22. The van der Waals surface area contributed by atoms with Gasteiger partial charge in [-0.3, -0.25) is 9.59 Å². The predicted molar refractivity (Wildman–Crippen MR) is 338 cm³/mol. The van der Waals surface area contributed by atoms with E-state index in [1.54, 1.807) is 0 Å². The molecule has 0 aromatic carbocycles. The molecule has 0 aromatic rings. The number of aliphatic hydroxyl groups excluding tert-OH is 2. The number of nitrogens with one attached hydrogen (secondary N) is 1. The van der Waals surface area contributed by atoms with Gasteiger partial charge >= 0.3 is 5.97 Å². The number of esters is 1. The van der Waals surface area contributed by atoms with Crippen LogP contribution in [0.15, 0.2) is 24.3 Å². The third-order valence-corrected chi connectivity index (χ3v) is 16.5. The van der Waals surface area contributed by atoms with Gasteiger partial charge in [0.05, 0.1) is 25.4 Å². The Hall–Kier alpha value is -1.66. The Morgan fingerprint density at radius 1 is 0.351 bits per heavy atom. The van der Waals surface area contributed by atoms with Gasteiger partial charge < -0.3 is 20.3 Å². The molecule has 0 aliphatic heterocycles. The molecule has 2 atom stereocenters. The summed E-state index contributed by atoms with van der Waals surface area (Å²) >= 11 is 0. The van der Waals surface area contributed by atoms with Crippen molar-refractivity contribution in [1.82, 2.24) is 5.32 Å². The number of allylic oxidation sites excluding steroid dienone is 4. The molecular formula is C71H137NO5. The zero-order valence-corrected chi connectivity index (χ0v) is 52.2. The van der Waals surface area contributed by atoms with Crippen LogP contribution < -0.4 is 5.32 Å². The lowest BCUT2D eigenvalue weighted by Crippen LogP contribution is -2.45. The highest BCUT2D eigenvalue weighted by Gasteiger charge is 2.20. The van der Waals surface area contributed by atoms with E-state index in [2.05, 4.69) is 43.5 Å². The fraction of sp³-hybridized carbons (Fsp3) is 0.915. The van der Waals surface area contributed by atoms with Crippen LogP contribution in [0, 0.1) is 0 Å². The average molecular weight is 1080 g/mol. The van der Waals surface area contributed by atoms with Gasteiger partial charge in [-0.2, -0.15) is 0 Å². The van der Waals surface area contributed by atoms with Crippen molar-refractivity contribution in [2.24, 2.45) is 0 Å². The summed E-state index contributed by atoms with van der Waals surface area (Å²) in [6.45, 7) is 4.97. The largest absolute Gasteiger partial charge is 0.466 e. The minimum absolute atomic E-state index is 0.0118. The van der Waals surface area contributed by atoms with Crippen LogP contribution in [0.4, 0.5) is 0 Å². The molecule has 0 saturated heterocycles. The zero-order valence-electron chi connectivity index (χ0n) is 52.2. The van der Waals surface area contributed by atoms with Gasteiger partial charge in [0.2, 0.25) is 5.91 Å². The first-order valence-corrected chi connectivity index (χ1v) is 35.1. The fourth-order valence-electron chi connectivity index (χ4n) is 11.1. The van der Waals surface area contributed by atoms with Gasteiger partial charge in [-0.25, -0.2) is 0 Å². The van der Waals surface area contributed by atoms with Crippen molar-refractivity contribution in [1.29, 1.82) is 0 Å². The number of carbonyl (C=O) groups excluding carboxylic acids is 2. The minimum Gasteiger partial charge on any atom is -0.466 e. The lowest BCUT2D eigenvalue weighted by molar-refractivity contribution is -0.143. The smallest absolute Gasteiger partial charge is 0.305 e.